The zero-order valence-electron chi connectivity index (χ0n) is 14.9. The first-order valence-electron chi connectivity index (χ1n) is 9.03. The van der Waals surface area contributed by atoms with Crippen LogP contribution < -0.4 is 4.74 Å². The van der Waals surface area contributed by atoms with Gasteiger partial charge in [0.05, 0.1) is 18.6 Å². The minimum absolute atomic E-state index is 0.177. The van der Waals surface area contributed by atoms with Crippen molar-refractivity contribution in [1.82, 2.24) is 4.90 Å². The average Bonchev–Trinajstić information content (AvgIpc) is 2.64. The molecule has 1 aliphatic heterocycles. The normalized spacial score (nSPS) is 19.1. The number of carboxylic acids is 1. The molecule has 26 heavy (non-hydrogen) atoms. The maximum Gasteiger partial charge on any atom is 0.307 e. The lowest BCUT2D eigenvalue weighted by atomic mass is 9.91. The Morgan fingerprint density at radius 1 is 1.27 bits per heavy atom. The second-order valence-corrected chi connectivity index (χ2v) is 6.63. The van der Waals surface area contributed by atoms with Gasteiger partial charge in [-0.25, -0.2) is 4.39 Å². The van der Waals surface area contributed by atoms with E-state index >= 15 is 0 Å². The van der Waals surface area contributed by atoms with Crippen molar-refractivity contribution < 1.29 is 19.0 Å². The van der Waals surface area contributed by atoms with Gasteiger partial charge in [-0.1, -0.05) is 24.3 Å². The van der Waals surface area contributed by atoms with E-state index in [9.17, 15) is 14.3 Å². The highest BCUT2D eigenvalue weighted by molar-refractivity contribution is 5.70. The maximum atomic E-state index is 13.8. The van der Waals surface area contributed by atoms with Gasteiger partial charge in [-0.15, -0.1) is 0 Å². The Morgan fingerprint density at radius 2 is 2.04 bits per heavy atom. The number of halogens is 1. The van der Waals surface area contributed by atoms with Crippen molar-refractivity contribution in [2.24, 2.45) is 5.92 Å². The van der Waals surface area contributed by atoms with Gasteiger partial charge in [-0.05, 0) is 61.7 Å². The van der Waals surface area contributed by atoms with Crippen LogP contribution >= 0.6 is 0 Å². The van der Waals surface area contributed by atoms with Gasteiger partial charge in [0.15, 0.2) is 0 Å². The van der Waals surface area contributed by atoms with Crippen LogP contribution in [0.5, 0.6) is 5.75 Å². The first kappa shape index (κ1) is 18.4. The van der Waals surface area contributed by atoms with Crippen molar-refractivity contribution in [2.75, 3.05) is 19.7 Å². The first-order valence-corrected chi connectivity index (χ1v) is 9.03. The van der Waals surface area contributed by atoms with Crippen LogP contribution in [0.1, 0.15) is 36.9 Å². The fourth-order valence-corrected chi connectivity index (χ4v) is 3.65. The number of benzene rings is 2. The number of rotatable bonds is 6. The molecule has 4 nitrogen and oxygen atoms in total. The Balaban J connectivity index is 1.95. The highest BCUT2D eigenvalue weighted by Crippen LogP contribution is 2.33. The Hall–Kier alpha value is -2.40. The summed E-state index contributed by atoms with van der Waals surface area (Å²) in [7, 11) is 0. The molecule has 1 fully saturated rings. The Morgan fingerprint density at radius 3 is 2.69 bits per heavy atom. The number of ether oxygens (including phenoxy) is 1. The van der Waals surface area contributed by atoms with Crippen molar-refractivity contribution in [2.45, 2.75) is 25.8 Å². The van der Waals surface area contributed by atoms with Crippen LogP contribution in [-0.4, -0.2) is 35.7 Å². The van der Waals surface area contributed by atoms with Crippen molar-refractivity contribution >= 4 is 5.97 Å². The van der Waals surface area contributed by atoms with E-state index in [-0.39, 0.29) is 17.8 Å². The van der Waals surface area contributed by atoms with Crippen LogP contribution in [0.3, 0.4) is 0 Å². The highest BCUT2D eigenvalue weighted by Gasteiger charge is 2.31. The summed E-state index contributed by atoms with van der Waals surface area (Å²) in [6, 6.07) is 14.1. The summed E-state index contributed by atoms with van der Waals surface area (Å²) >= 11 is 0. The van der Waals surface area contributed by atoms with Gasteiger partial charge in [0.2, 0.25) is 0 Å². The van der Waals surface area contributed by atoms with Crippen LogP contribution in [0.25, 0.3) is 0 Å². The van der Waals surface area contributed by atoms with Gasteiger partial charge in [0, 0.05) is 6.54 Å². The van der Waals surface area contributed by atoms with Gasteiger partial charge in [-0.3, -0.25) is 9.69 Å². The third-order valence-corrected chi connectivity index (χ3v) is 4.84. The fraction of sp³-hybridized carbons (Fsp3) is 0.381. The zero-order chi connectivity index (χ0) is 18.5. The average molecular weight is 357 g/mol. The third kappa shape index (κ3) is 4.22. The molecule has 5 heteroatoms. The maximum absolute atomic E-state index is 13.8. The topological polar surface area (TPSA) is 49.8 Å². The second kappa shape index (κ2) is 8.32. The van der Waals surface area contributed by atoms with E-state index in [0.29, 0.717) is 19.6 Å². The standard InChI is InChI=1S/C21H24FNO3/c1-2-26-19-10-8-15(9-11-19)20(16-5-3-7-18(22)13-16)23-12-4-6-17(14-23)21(24)25/h3,5,7-11,13,17,20H,2,4,6,12,14H2,1H3,(H,24,25). The minimum atomic E-state index is -0.764. The van der Waals surface area contributed by atoms with Crippen LogP contribution in [-0.2, 0) is 4.79 Å². The summed E-state index contributed by atoms with van der Waals surface area (Å²) in [6.45, 7) is 3.78. The van der Waals surface area contributed by atoms with E-state index in [1.165, 1.54) is 12.1 Å². The molecule has 0 saturated carbocycles. The molecule has 2 atom stereocenters. The molecule has 3 rings (SSSR count). The third-order valence-electron chi connectivity index (χ3n) is 4.84. The van der Waals surface area contributed by atoms with Gasteiger partial charge in [0.25, 0.3) is 0 Å². The minimum Gasteiger partial charge on any atom is -0.494 e. The quantitative estimate of drug-likeness (QED) is 0.845. The molecule has 1 saturated heterocycles. The van der Waals surface area contributed by atoms with E-state index in [0.717, 1.165) is 29.8 Å². The molecular weight excluding hydrogens is 333 g/mol. The lowest BCUT2D eigenvalue weighted by Gasteiger charge is -2.37. The molecule has 0 bridgehead atoms. The van der Waals surface area contributed by atoms with E-state index in [1.807, 2.05) is 37.3 Å². The first-order chi connectivity index (χ1) is 12.6. The largest absolute Gasteiger partial charge is 0.494 e. The molecule has 2 aromatic carbocycles. The summed E-state index contributed by atoms with van der Waals surface area (Å²) < 4.78 is 19.4. The summed E-state index contributed by atoms with van der Waals surface area (Å²) in [5.41, 5.74) is 1.84. The van der Waals surface area contributed by atoms with Gasteiger partial charge in [0.1, 0.15) is 11.6 Å². The number of aliphatic carboxylic acids is 1. The Bertz CT molecular complexity index is 747. The molecule has 0 amide bonds. The van der Waals surface area contributed by atoms with Crippen LogP contribution in [0.15, 0.2) is 48.5 Å². The number of piperidine rings is 1. The van der Waals surface area contributed by atoms with Crippen molar-refractivity contribution in [1.29, 1.82) is 0 Å². The summed E-state index contributed by atoms with van der Waals surface area (Å²) in [5, 5.41) is 9.42. The van der Waals surface area contributed by atoms with Crippen LogP contribution in [0.4, 0.5) is 4.39 Å². The predicted octanol–water partition coefficient (Wildman–Crippen LogP) is 4.11. The van der Waals surface area contributed by atoms with E-state index in [4.69, 9.17) is 4.74 Å². The van der Waals surface area contributed by atoms with E-state index in [2.05, 4.69) is 4.90 Å². The molecule has 0 aromatic heterocycles. The fourth-order valence-electron chi connectivity index (χ4n) is 3.65. The highest BCUT2D eigenvalue weighted by atomic mass is 19.1. The molecule has 1 heterocycles. The number of hydrogen-bond acceptors (Lipinski definition) is 3. The number of hydrogen-bond donors (Lipinski definition) is 1. The van der Waals surface area contributed by atoms with Gasteiger partial charge >= 0.3 is 5.97 Å². The predicted molar refractivity (Wildman–Crippen MR) is 97.8 cm³/mol. The summed E-state index contributed by atoms with van der Waals surface area (Å²) in [6.07, 6.45) is 1.50. The van der Waals surface area contributed by atoms with Crippen molar-refractivity contribution in [3.63, 3.8) is 0 Å². The van der Waals surface area contributed by atoms with E-state index < -0.39 is 5.97 Å². The van der Waals surface area contributed by atoms with Crippen LogP contribution in [0.2, 0.25) is 0 Å². The molecule has 0 aliphatic carbocycles. The lowest BCUT2D eigenvalue weighted by molar-refractivity contribution is -0.143. The monoisotopic (exact) mass is 357 g/mol. The van der Waals surface area contributed by atoms with Gasteiger partial charge in [-0.2, -0.15) is 0 Å². The Labute approximate surface area is 153 Å². The number of nitrogens with zero attached hydrogens (tertiary/aromatic N) is 1. The molecule has 1 N–H and O–H groups in total. The molecule has 0 spiro atoms. The number of carboxylic acid groups (broad SMARTS) is 1. The molecule has 138 valence electrons. The van der Waals surface area contributed by atoms with Crippen LogP contribution in [0, 0.1) is 11.7 Å². The molecule has 1 aliphatic rings. The summed E-state index contributed by atoms with van der Waals surface area (Å²) in [5.74, 6) is -0.650. The van der Waals surface area contributed by atoms with Crippen molar-refractivity contribution in [3.8, 4) is 5.75 Å². The second-order valence-electron chi connectivity index (χ2n) is 6.63. The Kier molecular flexibility index (Phi) is 5.89. The summed E-state index contributed by atoms with van der Waals surface area (Å²) in [4.78, 5) is 13.6. The zero-order valence-corrected chi connectivity index (χ0v) is 14.9. The lowest BCUT2D eigenvalue weighted by Crippen LogP contribution is -2.41. The molecular formula is C21H24FNO3. The molecule has 2 aromatic rings. The SMILES string of the molecule is CCOc1ccc(C(c2cccc(F)c2)N2CCCC(C(=O)O)C2)cc1. The number of likely N-dealkylation sites (tertiary alicyclic amines) is 1. The molecule has 2 unspecified atom stereocenters. The van der Waals surface area contributed by atoms with Gasteiger partial charge < -0.3 is 9.84 Å². The van der Waals surface area contributed by atoms with Crippen molar-refractivity contribution in [3.05, 3.63) is 65.5 Å². The van der Waals surface area contributed by atoms with E-state index in [1.54, 1.807) is 6.07 Å². The smallest absolute Gasteiger partial charge is 0.307 e. The molecule has 0 radical (unpaired) electrons. The number of carbonyl (C=O) groups is 1.